The van der Waals surface area contributed by atoms with Gasteiger partial charge in [0.15, 0.2) is 0 Å². The Bertz CT molecular complexity index is 769. The Balaban J connectivity index is 1.92. The van der Waals surface area contributed by atoms with Gasteiger partial charge in [0.1, 0.15) is 0 Å². The van der Waals surface area contributed by atoms with Gasteiger partial charge in [-0.1, -0.05) is 13.8 Å². The summed E-state index contributed by atoms with van der Waals surface area (Å²) in [5.74, 6) is -0.0914. The third kappa shape index (κ3) is 4.75. The Morgan fingerprint density at radius 1 is 0.960 bits per heavy atom. The molecule has 0 aliphatic carbocycles. The highest BCUT2D eigenvalue weighted by Crippen LogP contribution is 2.14. The van der Waals surface area contributed by atoms with Crippen molar-refractivity contribution in [3.63, 3.8) is 0 Å². The second-order valence-corrected chi connectivity index (χ2v) is 6.16. The zero-order valence-electron chi connectivity index (χ0n) is 15.3. The van der Waals surface area contributed by atoms with Gasteiger partial charge in [-0.15, -0.1) is 0 Å². The molecule has 2 N–H and O–H groups in total. The molecule has 0 aliphatic heterocycles. The lowest BCUT2D eigenvalue weighted by Crippen LogP contribution is -2.37. The van der Waals surface area contributed by atoms with Crippen molar-refractivity contribution >= 4 is 22.8 Å². The molecule has 25 heavy (non-hydrogen) atoms. The van der Waals surface area contributed by atoms with Gasteiger partial charge in [0, 0.05) is 24.6 Å². The molecule has 2 rings (SSSR count). The van der Waals surface area contributed by atoms with E-state index in [1.165, 1.54) is 0 Å². The van der Waals surface area contributed by atoms with Crippen molar-refractivity contribution in [2.75, 3.05) is 13.1 Å². The maximum Gasteiger partial charge on any atom is 0.251 e. The van der Waals surface area contributed by atoms with Gasteiger partial charge in [0.05, 0.1) is 22.4 Å². The highest BCUT2D eigenvalue weighted by atomic mass is 16.2. The molecular weight excluding hydrogens is 316 g/mol. The van der Waals surface area contributed by atoms with Crippen LogP contribution in [0.1, 0.15) is 48.4 Å². The molecule has 6 nitrogen and oxygen atoms in total. The van der Waals surface area contributed by atoms with Gasteiger partial charge in [-0.2, -0.15) is 0 Å². The summed E-state index contributed by atoms with van der Waals surface area (Å²) in [4.78, 5) is 33.1. The maximum atomic E-state index is 12.3. The van der Waals surface area contributed by atoms with Crippen molar-refractivity contribution in [2.45, 2.75) is 40.5 Å². The third-order valence-electron chi connectivity index (χ3n) is 4.40. The lowest BCUT2D eigenvalue weighted by atomic mass is 10.0. The molecular formula is C19H26N4O2. The quantitative estimate of drug-likeness (QED) is 0.757. The third-order valence-corrected chi connectivity index (χ3v) is 4.40. The molecule has 0 saturated heterocycles. The normalized spacial score (nSPS) is 10.9. The van der Waals surface area contributed by atoms with Gasteiger partial charge in [0.2, 0.25) is 5.91 Å². The van der Waals surface area contributed by atoms with Crippen LogP contribution in [-0.4, -0.2) is 34.9 Å². The summed E-state index contributed by atoms with van der Waals surface area (Å²) >= 11 is 0. The zero-order chi connectivity index (χ0) is 18.4. The van der Waals surface area contributed by atoms with Crippen molar-refractivity contribution in [3.8, 4) is 0 Å². The number of fused-ring (bicyclic) bond motifs is 1. The van der Waals surface area contributed by atoms with Crippen molar-refractivity contribution in [2.24, 2.45) is 5.92 Å². The van der Waals surface area contributed by atoms with Crippen molar-refractivity contribution < 1.29 is 9.59 Å². The molecule has 0 bridgehead atoms. The van der Waals surface area contributed by atoms with Gasteiger partial charge >= 0.3 is 0 Å². The van der Waals surface area contributed by atoms with Crippen LogP contribution in [-0.2, 0) is 4.79 Å². The molecule has 0 saturated carbocycles. The fourth-order valence-electron chi connectivity index (χ4n) is 2.64. The SMILES string of the molecule is CCC(CC)C(=O)NCCNC(=O)c1ccc2nc(C)c(C)nc2c1. The molecule has 2 aromatic rings. The van der Waals surface area contributed by atoms with E-state index in [2.05, 4.69) is 20.6 Å². The van der Waals surface area contributed by atoms with E-state index in [1.807, 2.05) is 27.7 Å². The minimum Gasteiger partial charge on any atom is -0.354 e. The van der Waals surface area contributed by atoms with Gasteiger partial charge in [-0.3, -0.25) is 9.59 Å². The minimum atomic E-state index is -0.182. The average Bonchev–Trinajstić information content (AvgIpc) is 2.60. The fraction of sp³-hybridized carbons (Fsp3) is 0.474. The molecule has 1 heterocycles. The lowest BCUT2D eigenvalue weighted by Gasteiger charge is -2.13. The summed E-state index contributed by atoms with van der Waals surface area (Å²) in [6, 6.07) is 5.29. The Hall–Kier alpha value is -2.50. The van der Waals surface area contributed by atoms with Gasteiger partial charge in [-0.25, -0.2) is 9.97 Å². The smallest absolute Gasteiger partial charge is 0.251 e. The van der Waals surface area contributed by atoms with Crippen LogP contribution in [0.5, 0.6) is 0 Å². The predicted molar refractivity (Wildman–Crippen MR) is 98.4 cm³/mol. The second-order valence-electron chi connectivity index (χ2n) is 6.16. The summed E-state index contributed by atoms with van der Waals surface area (Å²) in [6.45, 7) is 8.63. The first-order chi connectivity index (χ1) is 12.0. The van der Waals surface area contributed by atoms with Crippen LogP contribution in [0, 0.1) is 19.8 Å². The van der Waals surface area contributed by atoms with Crippen LogP contribution in [0.2, 0.25) is 0 Å². The number of hydrogen-bond acceptors (Lipinski definition) is 4. The number of nitrogens with one attached hydrogen (secondary N) is 2. The van der Waals surface area contributed by atoms with Gasteiger partial charge < -0.3 is 10.6 Å². The minimum absolute atomic E-state index is 0.0430. The number of aryl methyl sites for hydroxylation is 2. The Morgan fingerprint density at radius 3 is 2.20 bits per heavy atom. The van der Waals surface area contributed by atoms with E-state index in [0.29, 0.717) is 24.2 Å². The summed E-state index contributed by atoms with van der Waals surface area (Å²) < 4.78 is 0. The first-order valence-electron chi connectivity index (χ1n) is 8.77. The topological polar surface area (TPSA) is 84.0 Å². The Kier molecular flexibility index (Phi) is 6.44. The number of carbonyl (C=O) groups is 2. The van der Waals surface area contributed by atoms with Crippen molar-refractivity contribution in [1.29, 1.82) is 0 Å². The van der Waals surface area contributed by atoms with Crippen molar-refractivity contribution in [1.82, 2.24) is 20.6 Å². The molecule has 0 unspecified atom stereocenters. The summed E-state index contributed by atoms with van der Waals surface area (Å²) in [5, 5.41) is 5.68. The number of amides is 2. The number of hydrogen-bond donors (Lipinski definition) is 2. The van der Waals surface area contributed by atoms with Crippen LogP contribution in [0.3, 0.4) is 0 Å². The van der Waals surface area contributed by atoms with Crippen LogP contribution in [0.15, 0.2) is 18.2 Å². The predicted octanol–water partition coefficient (Wildman–Crippen LogP) is 2.53. The van der Waals surface area contributed by atoms with Crippen LogP contribution >= 0.6 is 0 Å². The number of aromatic nitrogens is 2. The largest absolute Gasteiger partial charge is 0.354 e. The van der Waals surface area contributed by atoms with Crippen molar-refractivity contribution in [3.05, 3.63) is 35.2 Å². The van der Waals surface area contributed by atoms with Crippen LogP contribution in [0.25, 0.3) is 11.0 Å². The molecule has 0 radical (unpaired) electrons. The first-order valence-corrected chi connectivity index (χ1v) is 8.77. The standard InChI is InChI=1S/C19H26N4O2/c1-5-14(6-2)18(24)20-9-10-21-19(25)15-7-8-16-17(11-15)23-13(4)12(3)22-16/h7-8,11,14H,5-6,9-10H2,1-4H3,(H,20,24)(H,21,25). The maximum absolute atomic E-state index is 12.3. The number of benzene rings is 1. The molecule has 0 aliphatic rings. The van der Waals surface area contributed by atoms with Crippen LogP contribution in [0.4, 0.5) is 0 Å². The van der Waals surface area contributed by atoms with E-state index in [0.717, 1.165) is 29.7 Å². The monoisotopic (exact) mass is 342 g/mol. The van der Waals surface area contributed by atoms with E-state index in [4.69, 9.17) is 0 Å². The van der Waals surface area contributed by atoms with Gasteiger partial charge in [0.25, 0.3) is 5.91 Å². The first kappa shape index (κ1) is 18.8. The van der Waals surface area contributed by atoms with Crippen LogP contribution < -0.4 is 10.6 Å². The highest BCUT2D eigenvalue weighted by Gasteiger charge is 2.13. The zero-order valence-corrected chi connectivity index (χ0v) is 15.3. The number of carbonyl (C=O) groups excluding carboxylic acids is 2. The summed E-state index contributed by atoms with van der Waals surface area (Å²) in [5.41, 5.74) is 3.76. The molecule has 1 aromatic heterocycles. The van der Waals surface area contributed by atoms with E-state index >= 15 is 0 Å². The lowest BCUT2D eigenvalue weighted by molar-refractivity contribution is -0.125. The Morgan fingerprint density at radius 2 is 1.56 bits per heavy atom. The number of rotatable bonds is 7. The summed E-state index contributed by atoms with van der Waals surface area (Å²) in [6.07, 6.45) is 1.65. The average molecular weight is 342 g/mol. The van der Waals surface area contributed by atoms with E-state index in [1.54, 1.807) is 18.2 Å². The number of nitrogens with zero attached hydrogens (tertiary/aromatic N) is 2. The second kappa shape index (κ2) is 8.55. The highest BCUT2D eigenvalue weighted by molar-refractivity contribution is 5.97. The molecule has 0 atom stereocenters. The Labute approximate surface area is 148 Å². The van der Waals surface area contributed by atoms with E-state index in [-0.39, 0.29) is 17.7 Å². The van der Waals surface area contributed by atoms with Gasteiger partial charge in [-0.05, 0) is 44.9 Å². The molecule has 1 aromatic carbocycles. The van der Waals surface area contributed by atoms with E-state index in [9.17, 15) is 9.59 Å². The molecule has 0 fully saturated rings. The summed E-state index contributed by atoms with van der Waals surface area (Å²) in [7, 11) is 0. The molecule has 6 heteroatoms. The molecule has 134 valence electrons. The van der Waals surface area contributed by atoms with E-state index < -0.39 is 0 Å². The fourth-order valence-corrected chi connectivity index (χ4v) is 2.64. The molecule has 0 spiro atoms. The molecule has 2 amide bonds.